The second kappa shape index (κ2) is 4.73. The molecule has 1 aromatic rings. The molecule has 0 heterocycles. The Morgan fingerprint density at radius 2 is 1.93 bits per heavy atom. The minimum absolute atomic E-state index is 0.207. The molecular weight excluding hydrogens is 208 g/mol. The highest BCUT2D eigenvalue weighted by atomic mass is 32.2. The molecule has 5 nitrogen and oxygen atoms in total. The Hall–Kier alpha value is -1.40. The summed E-state index contributed by atoms with van der Waals surface area (Å²) in [6.07, 6.45) is 0. The largest absolute Gasteiger partial charge is 0.465 e. The first-order valence-electron chi connectivity index (χ1n) is 3.61. The number of methoxy groups -OCH3 is 1. The average molecular weight is 216 g/mol. The number of carbonyl (C=O) groups excluding carboxylic acids is 1. The molecule has 1 aromatic carbocycles. The van der Waals surface area contributed by atoms with E-state index in [2.05, 4.69) is 8.92 Å². The Balaban J connectivity index is 2.78. The lowest BCUT2D eigenvalue weighted by Gasteiger charge is -2.01. The molecule has 1 atom stereocenters. The standard InChI is InChI=1S/C8H8O5S/c1-12-8(9)6-2-4-7(5-3-6)13-14(10)11/h2-5H,1H3,(H,10,11). The molecule has 0 aliphatic carbocycles. The van der Waals surface area contributed by atoms with Gasteiger partial charge in [0.2, 0.25) is 0 Å². The van der Waals surface area contributed by atoms with E-state index in [1.807, 2.05) is 0 Å². The summed E-state index contributed by atoms with van der Waals surface area (Å²) in [5.41, 5.74) is 0.351. The highest BCUT2D eigenvalue weighted by Crippen LogP contribution is 2.13. The third kappa shape index (κ3) is 2.82. The number of carbonyl (C=O) groups is 1. The van der Waals surface area contributed by atoms with Gasteiger partial charge in [0.05, 0.1) is 12.7 Å². The van der Waals surface area contributed by atoms with Crippen LogP contribution in [0.2, 0.25) is 0 Å². The van der Waals surface area contributed by atoms with Crippen molar-refractivity contribution in [1.82, 2.24) is 0 Å². The number of hydrogen-bond donors (Lipinski definition) is 1. The fourth-order valence-corrected chi connectivity index (χ4v) is 1.12. The monoisotopic (exact) mass is 216 g/mol. The minimum Gasteiger partial charge on any atom is -0.465 e. The van der Waals surface area contributed by atoms with E-state index in [4.69, 9.17) is 4.55 Å². The molecule has 1 rings (SSSR count). The van der Waals surface area contributed by atoms with E-state index in [9.17, 15) is 9.00 Å². The second-order valence-corrected chi connectivity index (χ2v) is 2.92. The summed E-state index contributed by atoms with van der Waals surface area (Å²) in [5, 5.41) is 0. The Morgan fingerprint density at radius 3 is 2.36 bits per heavy atom. The van der Waals surface area contributed by atoms with Crippen molar-refractivity contribution in [1.29, 1.82) is 0 Å². The van der Waals surface area contributed by atoms with Crippen LogP contribution >= 0.6 is 0 Å². The van der Waals surface area contributed by atoms with Crippen LogP contribution in [0.25, 0.3) is 0 Å². The van der Waals surface area contributed by atoms with Crippen molar-refractivity contribution in [3.63, 3.8) is 0 Å². The maximum atomic E-state index is 11.0. The lowest BCUT2D eigenvalue weighted by molar-refractivity contribution is 0.0601. The molecule has 0 saturated carbocycles. The summed E-state index contributed by atoms with van der Waals surface area (Å²) in [6.45, 7) is 0. The quantitative estimate of drug-likeness (QED) is 0.602. The van der Waals surface area contributed by atoms with Crippen LogP contribution in [0.4, 0.5) is 0 Å². The number of esters is 1. The summed E-state index contributed by atoms with van der Waals surface area (Å²) >= 11 is -2.35. The van der Waals surface area contributed by atoms with E-state index in [1.165, 1.54) is 31.4 Å². The molecule has 0 amide bonds. The lowest BCUT2D eigenvalue weighted by atomic mass is 10.2. The minimum atomic E-state index is -2.35. The average Bonchev–Trinajstić information content (AvgIpc) is 2.17. The van der Waals surface area contributed by atoms with Crippen molar-refractivity contribution in [3.8, 4) is 5.75 Å². The van der Waals surface area contributed by atoms with Crippen molar-refractivity contribution in [2.75, 3.05) is 7.11 Å². The van der Waals surface area contributed by atoms with Gasteiger partial charge in [0, 0.05) is 0 Å². The van der Waals surface area contributed by atoms with Crippen LogP contribution in [-0.4, -0.2) is 21.8 Å². The molecule has 0 spiro atoms. The Morgan fingerprint density at radius 1 is 1.36 bits per heavy atom. The summed E-state index contributed by atoms with van der Waals surface area (Å²) in [6, 6.07) is 5.68. The molecule has 1 N–H and O–H groups in total. The van der Waals surface area contributed by atoms with Crippen molar-refractivity contribution in [2.45, 2.75) is 0 Å². The van der Waals surface area contributed by atoms with Crippen LogP contribution in [0.15, 0.2) is 24.3 Å². The van der Waals surface area contributed by atoms with Crippen molar-refractivity contribution < 1.29 is 22.5 Å². The van der Waals surface area contributed by atoms with Gasteiger partial charge in [-0.25, -0.2) is 4.79 Å². The van der Waals surface area contributed by atoms with Gasteiger partial charge in [0.15, 0.2) is 0 Å². The lowest BCUT2D eigenvalue weighted by Crippen LogP contribution is -2.01. The van der Waals surface area contributed by atoms with Crippen LogP contribution in [0.3, 0.4) is 0 Å². The third-order valence-electron chi connectivity index (χ3n) is 1.44. The molecule has 0 aliphatic rings. The van der Waals surface area contributed by atoms with Crippen LogP contribution in [0, 0.1) is 0 Å². The van der Waals surface area contributed by atoms with Gasteiger partial charge in [-0.3, -0.25) is 4.55 Å². The first kappa shape index (κ1) is 10.7. The molecular formula is C8H8O5S. The maximum Gasteiger partial charge on any atom is 0.357 e. The number of rotatable bonds is 3. The van der Waals surface area contributed by atoms with Crippen molar-refractivity contribution in [3.05, 3.63) is 29.8 Å². The molecule has 0 aliphatic heterocycles. The van der Waals surface area contributed by atoms with Crippen LogP contribution in [0.1, 0.15) is 10.4 Å². The Kier molecular flexibility index (Phi) is 3.61. The number of hydrogen-bond acceptors (Lipinski definition) is 4. The van der Waals surface area contributed by atoms with Gasteiger partial charge in [-0.05, 0) is 24.3 Å². The predicted molar refractivity (Wildman–Crippen MR) is 49.2 cm³/mol. The van der Waals surface area contributed by atoms with Crippen LogP contribution < -0.4 is 4.18 Å². The Labute approximate surface area is 83.1 Å². The van der Waals surface area contributed by atoms with Gasteiger partial charge >= 0.3 is 17.3 Å². The normalized spacial score (nSPS) is 11.9. The summed E-state index contributed by atoms with van der Waals surface area (Å²) in [4.78, 5) is 11.0. The maximum absolute atomic E-state index is 11.0. The smallest absolute Gasteiger partial charge is 0.357 e. The number of benzene rings is 1. The number of ether oxygens (including phenoxy) is 1. The van der Waals surface area contributed by atoms with E-state index >= 15 is 0 Å². The van der Waals surface area contributed by atoms with Gasteiger partial charge in [-0.15, -0.1) is 0 Å². The van der Waals surface area contributed by atoms with E-state index in [-0.39, 0.29) is 5.75 Å². The topological polar surface area (TPSA) is 72.8 Å². The summed E-state index contributed by atoms with van der Waals surface area (Å²) in [7, 11) is 1.27. The zero-order valence-corrected chi connectivity index (χ0v) is 8.11. The van der Waals surface area contributed by atoms with Crippen molar-refractivity contribution in [2.24, 2.45) is 0 Å². The SMILES string of the molecule is COC(=O)c1ccc(OS(=O)O)cc1. The predicted octanol–water partition coefficient (Wildman–Crippen LogP) is 0.989. The van der Waals surface area contributed by atoms with Gasteiger partial charge in [0.1, 0.15) is 5.75 Å². The first-order valence-corrected chi connectivity index (χ1v) is 4.64. The van der Waals surface area contributed by atoms with Crippen LogP contribution in [-0.2, 0) is 16.1 Å². The molecule has 0 radical (unpaired) electrons. The van der Waals surface area contributed by atoms with Crippen LogP contribution in [0.5, 0.6) is 5.75 Å². The van der Waals surface area contributed by atoms with E-state index in [1.54, 1.807) is 0 Å². The van der Waals surface area contributed by atoms with Gasteiger partial charge in [-0.2, -0.15) is 4.21 Å². The molecule has 6 heteroatoms. The fourth-order valence-electron chi connectivity index (χ4n) is 0.847. The molecule has 0 fully saturated rings. The van der Waals surface area contributed by atoms with E-state index in [0.29, 0.717) is 5.56 Å². The molecule has 76 valence electrons. The molecule has 0 aromatic heterocycles. The first-order chi connectivity index (χ1) is 6.63. The van der Waals surface area contributed by atoms with E-state index in [0.717, 1.165) is 0 Å². The van der Waals surface area contributed by atoms with E-state index < -0.39 is 17.3 Å². The molecule has 0 bridgehead atoms. The Bertz CT molecular complexity index is 345. The third-order valence-corrected chi connectivity index (χ3v) is 1.78. The fraction of sp³-hybridized carbons (Fsp3) is 0.125. The van der Waals surface area contributed by atoms with Crippen molar-refractivity contribution >= 4 is 17.3 Å². The van der Waals surface area contributed by atoms with Gasteiger partial charge in [-0.1, -0.05) is 0 Å². The van der Waals surface area contributed by atoms with Gasteiger partial charge < -0.3 is 8.92 Å². The zero-order valence-electron chi connectivity index (χ0n) is 7.30. The molecule has 1 unspecified atom stereocenters. The van der Waals surface area contributed by atoms with Gasteiger partial charge in [0.25, 0.3) is 0 Å². The molecule has 14 heavy (non-hydrogen) atoms. The summed E-state index contributed by atoms with van der Waals surface area (Å²) in [5.74, 6) is -0.264. The highest BCUT2D eigenvalue weighted by molar-refractivity contribution is 7.74. The highest BCUT2D eigenvalue weighted by Gasteiger charge is 2.05. The second-order valence-electron chi connectivity index (χ2n) is 2.32. The molecule has 0 saturated heterocycles. The zero-order chi connectivity index (χ0) is 10.6. The summed E-state index contributed by atoms with van der Waals surface area (Å²) < 4.78 is 27.6.